The van der Waals surface area contributed by atoms with Gasteiger partial charge in [-0.15, -0.1) is 0 Å². The van der Waals surface area contributed by atoms with Crippen LogP contribution >= 0.6 is 0 Å². The number of aliphatic hydroxyl groups excluding tert-OH is 1. The van der Waals surface area contributed by atoms with Gasteiger partial charge in [0.1, 0.15) is 5.76 Å². The number of rotatable bonds is 9. The van der Waals surface area contributed by atoms with Crippen molar-refractivity contribution in [3.63, 3.8) is 0 Å². The Balaban J connectivity index is 2.13. The number of benzene rings is 2. The first kappa shape index (κ1) is 27.0. The molecule has 2 aromatic rings. The van der Waals surface area contributed by atoms with Crippen LogP contribution in [0.25, 0.3) is 5.76 Å². The Hall–Kier alpha value is -3.61. The van der Waals surface area contributed by atoms with Gasteiger partial charge in [0.05, 0.1) is 21.4 Å². The van der Waals surface area contributed by atoms with E-state index >= 15 is 0 Å². The highest BCUT2D eigenvalue weighted by Gasteiger charge is 2.46. The summed E-state index contributed by atoms with van der Waals surface area (Å²) in [6.45, 7) is 0.819. The number of nitro benzene ring substituents is 1. The molecule has 2 aromatic carbocycles. The number of amides is 1. The van der Waals surface area contributed by atoms with Gasteiger partial charge in [-0.25, -0.2) is 12.7 Å². The van der Waals surface area contributed by atoms with Crippen LogP contribution in [0.2, 0.25) is 0 Å². The molecule has 1 aliphatic heterocycles. The van der Waals surface area contributed by atoms with Gasteiger partial charge in [-0.3, -0.25) is 19.7 Å². The summed E-state index contributed by atoms with van der Waals surface area (Å²) in [5, 5.41) is 22.5. The van der Waals surface area contributed by atoms with E-state index in [1.807, 2.05) is 19.0 Å². The van der Waals surface area contributed by atoms with Crippen LogP contribution < -0.4 is 0 Å². The fourth-order valence-corrected chi connectivity index (χ4v) is 4.88. The molecule has 1 amide bonds. The minimum atomic E-state index is -3.71. The predicted octanol–water partition coefficient (Wildman–Crippen LogP) is 2.22. The van der Waals surface area contributed by atoms with E-state index in [4.69, 9.17) is 0 Å². The highest BCUT2D eigenvalue weighted by Crippen LogP contribution is 2.40. The van der Waals surface area contributed by atoms with Gasteiger partial charge in [-0.1, -0.05) is 12.1 Å². The molecule has 0 saturated carbocycles. The molecule has 0 radical (unpaired) electrons. The number of ketones is 1. The third kappa shape index (κ3) is 5.30. The fraction of sp³-hybridized carbons (Fsp3) is 0.333. The molecule has 12 heteroatoms. The van der Waals surface area contributed by atoms with Gasteiger partial charge in [0.2, 0.25) is 10.0 Å². The third-order valence-electron chi connectivity index (χ3n) is 5.85. The SMILES string of the molecule is CN(C)CCCN1C(=O)C(=O)C(=C(O)c2ccc(S(=O)(=O)N(C)C)cc2)[C@H]1c1cccc([N+](=O)[O-])c1. The van der Waals surface area contributed by atoms with Crippen LogP contribution in [0.1, 0.15) is 23.6 Å². The van der Waals surface area contributed by atoms with Crippen molar-refractivity contribution in [3.05, 3.63) is 75.3 Å². The quantitative estimate of drug-likeness (QED) is 0.176. The number of hydrogen-bond donors (Lipinski definition) is 1. The second-order valence-electron chi connectivity index (χ2n) is 8.81. The number of carbonyl (C=O) groups is 2. The second kappa shape index (κ2) is 10.6. The largest absolute Gasteiger partial charge is 0.507 e. The summed E-state index contributed by atoms with van der Waals surface area (Å²) in [6.07, 6.45) is 0.530. The number of non-ortho nitro benzene ring substituents is 1. The zero-order valence-electron chi connectivity index (χ0n) is 20.4. The molecule has 1 fully saturated rings. The first-order chi connectivity index (χ1) is 16.9. The highest BCUT2D eigenvalue weighted by molar-refractivity contribution is 7.89. The van der Waals surface area contributed by atoms with Crippen molar-refractivity contribution in [1.29, 1.82) is 0 Å². The number of hydrogen-bond acceptors (Lipinski definition) is 8. The Morgan fingerprint density at radius 3 is 2.28 bits per heavy atom. The molecule has 1 N–H and O–H groups in total. The lowest BCUT2D eigenvalue weighted by Crippen LogP contribution is -2.32. The topological polar surface area (TPSA) is 141 Å². The number of likely N-dealkylation sites (tertiary alicyclic amines) is 1. The summed E-state index contributed by atoms with van der Waals surface area (Å²) < 4.78 is 25.8. The van der Waals surface area contributed by atoms with Crippen molar-refractivity contribution in [2.45, 2.75) is 17.4 Å². The molecule has 0 aromatic heterocycles. The lowest BCUT2D eigenvalue weighted by Gasteiger charge is -2.25. The zero-order valence-corrected chi connectivity index (χ0v) is 21.2. The molecule has 192 valence electrons. The smallest absolute Gasteiger partial charge is 0.295 e. The average molecular weight is 517 g/mol. The van der Waals surface area contributed by atoms with Crippen LogP contribution in [0.15, 0.2) is 59.0 Å². The normalized spacial score (nSPS) is 17.8. The summed E-state index contributed by atoms with van der Waals surface area (Å²) in [5.74, 6) is -2.23. The summed E-state index contributed by atoms with van der Waals surface area (Å²) >= 11 is 0. The number of sulfonamides is 1. The molecule has 36 heavy (non-hydrogen) atoms. The first-order valence-electron chi connectivity index (χ1n) is 11.1. The molecule has 0 aliphatic carbocycles. The van der Waals surface area contributed by atoms with E-state index in [0.29, 0.717) is 18.5 Å². The van der Waals surface area contributed by atoms with Gasteiger partial charge in [-0.05, 0) is 56.9 Å². The molecule has 0 bridgehead atoms. The van der Waals surface area contributed by atoms with E-state index in [0.717, 1.165) is 4.31 Å². The maximum absolute atomic E-state index is 13.1. The van der Waals surface area contributed by atoms with E-state index in [-0.39, 0.29) is 28.3 Å². The van der Waals surface area contributed by atoms with E-state index in [1.165, 1.54) is 61.5 Å². The second-order valence-corrected chi connectivity index (χ2v) is 11.0. The van der Waals surface area contributed by atoms with Crippen molar-refractivity contribution in [3.8, 4) is 0 Å². The van der Waals surface area contributed by atoms with Gasteiger partial charge in [-0.2, -0.15) is 0 Å². The number of carbonyl (C=O) groups excluding carboxylic acids is 2. The van der Waals surface area contributed by atoms with Gasteiger partial charge in [0.25, 0.3) is 17.4 Å². The average Bonchev–Trinajstić information content (AvgIpc) is 3.08. The fourth-order valence-electron chi connectivity index (χ4n) is 3.97. The van der Waals surface area contributed by atoms with Crippen molar-refractivity contribution >= 4 is 33.2 Å². The predicted molar refractivity (Wildman–Crippen MR) is 133 cm³/mol. The third-order valence-corrected chi connectivity index (χ3v) is 7.68. The monoisotopic (exact) mass is 516 g/mol. The minimum absolute atomic E-state index is 0.0107. The van der Waals surface area contributed by atoms with Gasteiger partial charge < -0.3 is 14.9 Å². The molecule has 3 rings (SSSR count). The Kier molecular flexibility index (Phi) is 7.92. The van der Waals surface area contributed by atoms with Gasteiger partial charge in [0.15, 0.2) is 0 Å². The molecule has 0 unspecified atom stereocenters. The van der Waals surface area contributed by atoms with E-state index in [1.54, 1.807) is 6.07 Å². The van der Waals surface area contributed by atoms with Crippen LogP contribution in [-0.4, -0.2) is 85.5 Å². The van der Waals surface area contributed by atoms with E-state index in [9.17, 15) is 33.2 Å². The molecular formula is C24H28N4O7S. The Bertz CT molecular complexity index is 1320. The standard InChI is InChI=1S/C24H28N4O7S/c1-25(2)13-6-14-27-21(17-7-5-8-18(15-17)28(32)33)20(23(30)24(27)31)22(29)16-9-11-19(12-10-16)36(34,35)26(3)4/h5,7-12,15,21,29H,6,13-14H2,1-4H3/t21-/m1/s1. The summed E-state index contributed by atoms with van der Waals surface area (Å²) in [4.78, 5) is 40.1. The maximum Gasteiger partial charge on any atom is 0.295 e. The highest BCUT2D eigenvalue weighted by atomic mass is 32.2. The molecule has 11 nitrogen and oxygen atoms in total. The van der Waals surface area contributed by atoms with E-state index in [2.05, 4.69) is 0 Å². The Labute approximate surface area is 209 Å². The number of aliphatic hydroxyl groups is 1. The lowest BCUT2D eigenvalue weighted by molar-refractivity contribution is -0.384. The Morgan fingerprint density at radius 2 is 1.72 bits per heavy atom. The zero-order chi connectivity index (χ0) is 26.8. The van der Waals surface area contributed by atoms with Crippen LogP contribution in [0.5, 0.6) is 0 Å². The summed E-state index contributed by atoms with van der Waals surface area (Å²) in [5.41, 5.74) is 0.00855. The molecule has 1 aliphatic rings. The molecule has 1 atom stereocenters. The first-order valence-corrected chi connectivity index (χ1v) is 12.5. The lowest BCUT2D eigenvalue weighted by atomic mass is 9.95. The molecular weight excluding hydrogens is 488 g/mol. The number of nitrogens with zero attached hydrogens (tertiary/aromatic N) is 4. The van der Waals surface area contributed by atoms with E-state index < -0.39 is 38.4 Å². The van der Waals surface area contributed by atoms with Crippen molar-refractivity contribution in [2.24, 2.45) is 0 Å². The van der Waals surface area contributed by atoms with Crippen molar-refractivity contribution in [1.82, 2.24) is 14.1 Å². The van der Waals surface area contributed by atoms with Gasteiger partial charge in [0, 0.05) is 38.3 Å². The van der Waals surface area contributed by atoms with Crippen molar-refractivity contribution < 1.29 is 28.0 Å². The molecule has 0 spiro atoms. The Morgan fingerprint density at radius 1 is 1.08 bits per heavy atom. The van der Waals surface area contributed by atoms with Crippen LogP contribution in [-0.2, 0) is 19.6 Å². The molecule has 1 saturated heterocycles. The van der Waals surface area contributed by atoms with Crippen LogP contribution in [0.3, 0.4) is 0 Å². The summed E-state index contributed by atoms with van der Waals surface area (Å²) in [6, 6.07) is 9.81. The maximum atomic E-state index is 13.1. The minimum Gasteiger partial charge on any atom is -0.507 e. The number of Topliss-reactive ketones (excluding diaryl/α,β-unsaturated/α-hetero) is 1. The van der Waals surface area contributed by atoms with Gasteiger partial charge >= 0.3 is 0 Å². The van der Waals surface area contributed by atoms with Crippen LogP contribution in [0.4, 0.5) is 5.69 Å². The molecule has 1 heterocycles. The summed E-state index contributed by atoms with van der Waals surface area (Å²) in [7, 11) is 2.80. The van der Waals surface area contributed by atoms with Crippen molar-refractivity contribution in [2.75, 3.05) is 41.3 Å². The van der Waals surface area contributed by atoms with Crippen LogP contribution in [0, 0.1) is 10.1 Å². The number of nitro groups is 1.